The van der Waals surface area contributed by atoms with Crippen molar-refractivity contribution in [2.45, 2.75) is 37.7 Å². The number of epoxide rings is 1. The number of hydrogen-bond donors (Lipinski definition) is 0. The Morgan fingerprint density at radius 3 is 3.00 bits per heavy atom. The number of carbonyl (C=O) groups excluding carboxylic acids is 1. The molecule has 0 unspecified atom stereocenters. The second-order valence-electron chi connectivity index (χ2n) is 4.91. The Morgan fingerprint density at radius 1 is 1.47 bits per heavy atom. The van der Waals surface area contributed by atoms with Crippen LogP contribution in [0.3, 0.4) is 0 Å². The van der Waals surface area contributed by atoms with E-state index >= 15 is 0 Å². The Morgan fingerprint density at radius 2 is 2.33 bits per heavy atom. The smallest absolute Gasteiger partial charge is 0.331 e. The normalized spacial score (nSPS) is 39.1. The van der Waals surface area contributed by atoms with Gasteiger partial charge in [0.05, 0.1) is 12.2 Å². The van der Waals surface area contributed by atoms with Gasteiger partial charge in [-0.25, -0.2) is 4.79 Å². The van der Waals surface area contributed by atoms with Crippen molar-refractivity contribution < 1.29 is 14.3 Å². The number of hydrogen-bond acceptors (Lipinski definition) is 3. The predicted octanol–water partition coefficient (Wildman–Crippen LogP) is 1.82. The van der Waals surface area contributed by atoms with Crippen molar-refractivity contribution in [3.05, 3.63) is 11.6 Å². The Balaban J connectivity index is 1.67. The molecule has 0 bridgehead atoms. The minimum atomic E-state index is -0.174. The monoisotopic (exact) mass is 208 g/mol. The van der Waals surface area contributed by atoms with Crippen molar-refractivity contribution in [3.8, 4) is 0 Å². The molecular weight excluding hydrogens is 192 g/mol. The molecule has 0 radical (unpaired) electrons. The quantitative estimate of drug-likeness (QED) is 0.513. The highest BCUT2D eigenvalue weighted by atomic mass is 16.6. The lowest BCUT2D eigenvalue weighted by atomic mass is 9.76. The van der Waals surface area contributed by atoms with Crippen LogP contribution in [0.1, 0.15) is 32.1 Å². The first-order chi connectivity index (χ1) is 7.28. The van der Waals surface area contributed by atoms with Crippen molar-refractivity contribution >= 4 is 5.97 Å². The molecule has 1 spiro atoms. The fourth-order valence-electron chi connectivity index (χ4n) is 2.89. The molecule has 0 amide bonds. The molecule has 3 heteroatoms. The zero-order chi connectivity index (χ0) is 10.3. The van der Waals surface area contributed by atoms with E-state index in [1.54, 1.807) is 6.08 Å². The van der Waals surface area contributed by atoms with Gasteiger partial charge in [0.15, 0.2) is 0 Å². The Labute approximate surface area is 89.4 Å². The SMILES string of the molecule is O=C1C=C(C[C@H]2CCCC[C@]23CO3)CO1. The highest BCUT2D eigenvalue weighted by Gasteiger charge is 2.52. The maximum atomic E-state index is 10.9. The molecule has 3 nitrogen and oxygen atoms in total. The lowest BCUT2D eigenvalue weighted by molar-refractivity contribution is -0.134. The number of carbonyl (C=O) groups is 1. The molecule has 82 valence electrons. The molecule has 1 saturated heterocycles. The molecular formula is C12H16O3. The summed E-state index contributed by atoms with van der Waals surface area (Å²) in [5.74, 6) is 0.443. The Hall–Kier alpha value is -0.830. The molecule has 2 fully saturated rings. The van der Waals surface area contributed by atoms with Crippen molar-refractivity contribution in [2.75, 3.05) is 13.2 Å². The van der Waals surface area contributed by atoms with Gasteiger partial charge in [-0.15, -0.1) is 0 Å². The molecule has 15 heavy (non-hydrogen) atoms. The minimum Gasteiger partial charge on any atom is -0.458 e. The molecule has 3 aliphatic rings. The second-order valence-corrected chi connectivity index (χ2v) is 4.91. The van der Waals surface area contributed by atoms with Crippen LogP contribution in [0.25, 0.3) is 0 Å². The van der Waals surface area contributed by atoms with Crippen LogP contribution in [0.4, 0.5) is 0 Å². The van der Waals surface area contributed by atoms with E-state index in [0.717, 1.165) is 18.6 Å². The fourth-order valence-corrected chi connectivity index (χ4v) is 2.89. The van der Waals surface area contributed by atoms with E-state index in [0.29, 0.717) is 12.5 Å². The highest BCUT2D eigenvalue weighted by Crippen LogP contribution is 2.48. The van der Waals surface area contributed by atoms with Crippen LogP contribution in [0.15, 0.2) is 11.6 Å². The standard InChI is InChI=1S/C12H16O3/c13-11-6-9(7-14-11)5-10-3-1-2-4-12(10)8-15-12/h6,10H,1-5,7-8H2/t10-,12+/m1/s1. The first-order valence-corrected chi connectivity index (χ1v) is 5.79. The third kappa shape index (κ3) is 1.69. The van der Waals surface area contributed by atoms with Gasteiger partial charge in [-0.2, -0.15) is 0 Å². The Kier molecular flexibility index (Phi) is 2.09. The average Bonchev–Trinajstić information content (AvgIpc) is 2.88. The highest BCUT2D eigenvalue weighted by molar-refractivity contribution is 5.85. The summed E-state index contributed by atoms with van der Waals surface area (Å²) in [6.45, 7) is 1.44. The molecule has 3 rings (SSSR count). The van der Waals surface area contributed by atoms with Gasteiger partial charge in [0.2, 0.25) is 0 Å². The maximum absolute atomic E-state index is 10.9. The van der Waals surface area contributed by atoms with E-state index in [1.165, 1.54) is 25.7 Å². The van der Waals surface area contributed by atoms with Crippen molar-refractivity contribution in [1.82, 2.24) is 0 Å². The number of esters is 1. The topological polar surface area (TPSA) is 38.8 Å². The summed E-state index contributed by atoms with van der Waals surface area (Å²) in [5.41, 5.74) is 1.34. The average molecular weight is 208 g/mol. The van der Waals surface area contributed by atoms with Crippen molar-refractivity contribution in [3.63, 3.8) is 0 Å². The van der Waals surface area contributed by atoms with Crippen LogP contribution in [0.2, 0.25) is 0 Å². The minimum absolute atomic E-state index is 0.174. The van der Waals surface area contributed by atoms with Gasteiger partial charge in [0.1, 0.15) is 6.61 Å². The van der Waals surface area contributed by atoms with Gasteiger partial charge in [0.25, 0.3) is 0 Å². The third-order valence-corrected chi connectivity index (χ3v) is 3.89. The molecule has 2 atom stereocenters. The zero-order valence-corrected chi connectivity index (χ0v) is 8.83. The molecule has 1 saturated carbocycles. The van der Waals surface area contributed by atoms with Crippen LogP contribution in [0.5, 0.6) is 0 Å². The number of rotatable bonds is 2. The molecule has 1 aliphatic carbocycles. The largest absolute Gasteiger partial charge is 0.458 e. The fraction of sp³-hybridized carbons (Fsp3) is 0.750. The Bertz CT molecular complexity index is 315. The molecule has 0 aromatic heterocycles. The van der Waals surface area contributed by atoms with Gasteiger partial charge in [-0.1, -0.05) is 12.8 Å². The first-order valence-electron chi connectivity index (χ1n) is 5.79. The van der Waals surface area contributed by atoms with Crippen LogP contribution in [0, 0.1) is 5.92 Å². The molecule has 0 N–H and O–H groups in total. The van der Waals surface area contributed by atoms with Gasteiger partial charge >= 0.3 is 5.97 Å². The van der Waals surface area contributed by atoms with E-state index in [-0.39, 0.29) is 11.6 Å². The van der Waals surface area contributed by atoms with Crippen LogP contribution >= 0.6 is 0 Å². The summed E-state index contributed by atoms with van der Waals surface area (Å²) >= 11 is 0. The number of ether oxygens (including phenoxy) is 2. The van der Waals surface area contributed by atoms with Crippen LogP contribution in [-0.2, 0) is 14.3 Å². The van der Waals surface area contributed by atoms with Gasteiger partial charge < -0.3 is 9.47 Å². The summed E-state index contributed by atoms with van der Waals surface area (Å²) in [5, 5.41) is 0. The van der Waals surface area contributed by atoms with E-state index in [1.807, 2.05) is 0 Å². The van der Waals surface area contributed by atoms with Gasteiger partial charge in [-0.05, 0) is 30.8 Å². The van der Waals surface area contributed by atoms with Crippen LogP contribution < -0.4 is 0 Å². The van der Waals surface area contributed by atoms with E-state index in [2.05, 4.69) is 0 Å². The van der Waals surface area contributed by atoms with E-state index in [9.17, 15) is 4.79 Å². The molecule has 2 aliphatic heterocycles. The summed E-state index contributed by atoms with van der Waals surface area (Å²) in [6, 6.07) is 0. The molecule has 0 aromatic rings. The summed E-state index contributed by atoms with van der Waals surface area (Å²) in [6.07, 6.45) is 7.70. The summed E-state index contributed by atoms with van der Waals surface area (Å²) in [7, 11) is 0. The lowest BCUT2D eigenvalue weighted by Crippen LogP contribution is -2.28. The van der Waals surface area contributed by atoms with E-state index in [4.69, 9.17) is 9.47 Å². The lowest BCUT2D eigenvalue weighted by Gasteiger charge is -2.28. The second kappa shape index (κ2) is 3.34. The summed E-state index contributed by atoms with van der Waals surface area (Å²) in [4.78, 5) is 10.9. The summed E-state index contributed by atoms with van der Waals surface area (Å²) < 4.78 is 10.6. The number of cyclic esters (lactones) is 1. The maximum Gasteiger partial charge on any atom is 0.331 e. The third-order valence-electron chi connectivity index (χ3n) is 3.89. The van der Waals surface area contributed by atoms with Crippen molar-refractivity contribution in [2.24, 2.45) is 5.92 Å². The predicted molar refractivity (Wildman–Crippen MR) is 54.3 cm³/mol. The molecule has 2 heterocycles. The van der Waals surface area contributed by atoms with E-state index < -0.39 is 0 Å². The van der Waals surface area contributed by atoms with Crippen molar-refractivity contribution in [1.29, 1.82) is 0 Å². The van der Waals surface area contributed by atoms with Gasteiger partial charge in [0, 0.05) is 6.08 Å². The van der Waals surface area contributed by atoms with Gasteiger partial charge in [-0.3, -0.25) is 0 Å². The van der Waals surface area contributed by atoms with Crippen LogP contribution in [-0.4, -0.2) is 24.8 Å². The zero-order valence-electron chi connectivity index (χ0n) is 8.83. The molecule has 0 aromatic carbocycles. The first kappa shape index (κ1) is 9.40.